The lowest BCUT2D eigenvalue weighted by atomic mass is 9.85. The van der Waals surface area contributed by atoms with Gasteiger partial charge in [0.2, 0.25) is 0 Å². The zero-order chi connectivity index (χ0) is 11.7. The Morgan fingerprint density at radius 1 is 1.07 bits per heavy atom. The Morgan fingerprint density at radius 2 is 1.73 bits per heavy atom. The molecule has 0 aliphatic carbocycles. The van der Waals surface area contributed by atoms with E-state index in [2.05, 4.69) is 40.1 Å². The van der Waals surface area contributed by atoms with E-state index in [9.17, 15) is 0 Å². The molecule has 3 unspecified atom stereocenters. The van der Waals surface area contributed by atoms with Crippen LogP contribution >= 0.6 is 0 Å². The van der Waals surface area contributed by atoms with Crippen molar-refractivity contribution in [3.8, 4) is 0 Å². The molecule has 0 saturated carbocycles. The highest BCUT2D eigenvalue weighted by molar-refractivity contribution is 4.73. The summed E-state index contributed by atoms with van der Waals surface area (Å²) < 4.78 is 0. The van der Waals surface area contributed by atoms with Gasteiger partial charge in [-0.05, 0) is 31.7 Å². The van der Waals surface area contributed by atoms with Gasteiger partial charge in [0.25, 0.3) is 0 Å². The molecule has 0 spiro atoms. The third kappa shape index (κ3) is 6.19. The summed E-state index contributed by atoms with van der Waals surface area (Å²) >= 11 is 0. The van der Waals surface area contributed by atoms with Crippen molar-refractivity contribution in [1.29, 1.82) is 0 Å². The van der Waals surface area contributed by atoms with Crippen molar-refractivity contribution in [1.82, 2.24) is 5.32 Å². The molecule has 1 nitrogen and oxygen atoms in total. The highest BCUT2D eigenvalue weighted by Gasteiger charge is 2.17. The third-order valence-electron chi connectivity index (χ3n) is 3.75. The molecule has 0 aliphatic heterocycles. The minimum absolute atomic E-state index is 0.709. The first-order chi connectivity index (χ1) is 7.19. The van der Waals surface area contributed by atoms with E-state index in [1.807, 2.05) is 0 Å². The molecule has 0 radical (unpaired) electrons. The van der Waals surface area contributed by atoms with E-state index < -0.39 is 0 Å². The van der Waals surface area contributed by atoms with Crippen LogP contribution in [0.2, 0.25) is 0 Å². The van der Waals surface area contributed by atoms with Crippen molar-refractivity contribution in [2.24, 2.45) is 11.8 Å². The second kappa shape index (κ2) is 9.21. The highest BCUT2D eigenvalue weighted by atomic mass is 14.9. The van der Waals surface area contributed by atoms with Gasteiger partial charge in [-0.15, -0.1) is 0 Å². The Balaban J connectivity index is 3.92. The second-order valence-corrected chi connectivity index (χ2v) is 4.93. The van der Waals surface area contributed by atoms with Gasteiger partial charge in [0.05, 0.1) is 0 Å². The first kappa shape index (κ1) is 15.0. The van der Waals surface area contributed by atoms with Gasteiger partial charge in [-0.1, -0.05) is 53.4 Å². The number of unbranched alkanes of at least 4 members (excludes halogenated alkanes) is 1. The lowest BCUT2D eigenvalue weighted by Crippen LogP contribution is -2.32. The molecule has 0 amide bonds. The fourth-order valence-electron chi connectivity index (χ4n) is 2.56. The Kier molecular flexibility index (Phi) is 9.18. The molecule has 3 atom stereocenters. The van der Waals surface area contributed by atoms with Crippen molar-refractivity contribution in [2.75, 3.05) is 7.05 Å². The smallest absolute Gasteiger partial charge is 0.00871 e. The van der Waals surface area contributed by atoms with E-state index in [1.54, 1.807) is 0 Å². The van der Waals surface area contributed by atoms with E-state index >= 15 is 0 Å². The van der Waals surface area contributed by atoms with Gasteiger partial charge < -0.3 is 5.32 Å². The zero-order valence-corrected chi connectivity index (χ0v) is 11.5. The average molecular weight is 213 g/mol. The minimum Gasteiger partial charge on any atom is -0.317 e. The molecular formula is C14H31N. The van der Waals surface area contributed by atoms with Gasteiger partial charge >= 0.3 is 0 Å². The summed E-state index contributed by atoms with van der Waals surface area (Å²) in [6, 6.07) is 0.709. The van der Waals surface area contributed by atoms with E-state index in [-0.39, 0.29) is 0 Å². The molecule has 0 aromatic heterocycles. The fourth-order valence-corrected chi connectivity index (χ4v) is 2.56. The zero-order valence-electron chi connectivity index (χ0n) is 11.5. The van der Waals surface area contributed by atoms with Crippen LogP contribution in [0.25, 0.3) is 0 Å². The summed E-state index contributed by atoms with van der Waals surface area (Å²) in [4.78, 5) is 0. The summed E-state index contributed by atoms with van der Waals surface area (Å²) in [7, 11) is 2.09. The normalized spacial score (nSPS) is 17.4. The number of nitrogens with one attached hydrogen (secondary N) is 1. The lowest BCUT2D eigenvalue weighted by molar-refractivity contribution is 0.290. The van der Waals surface area contributed by atoms with Crippen LogP contribution < -0.4 is 5.32 Å². The summed E-state index contributed by atoms with van der Waals surface area (Å²) in [6.45, 7) is 9.32. The van der Waals surface area contributed by atoms with Crippen LogP contribution in [0.4, 0.5) is 0 Å². The first-order valence-corrected chi connectivity index (χ1v) is 6.86. The van der Waals surface area contributed by atoms with Crippen molar-refractivity contribution >= 4 is 0 Å². The van der Waals surface area contributed by atoms with Crippen LogP contribution in [0.3, 0.4) is 0 Å². The van der Waals surface area contributed by atoms with Crippen LogP contribution in [0.15, 0.2) is 0 Å². The fraction of sp³-hybridized carbons (Fsp3) is 1.00. The minimum atomic E-state index is 0.709. The molecular weight excluding hydrogens is 182 g/mol. The Labute approximate surface area is 97.0 Å². The summed E-state index contributed by atoms with van der Waals surface area (Å²) in [5.74, 6) is 1.77. The van der Waals surface area contributed by atoms with Crippen LogP contribution in [0, 0.1) is 11.8 Å². The molecule has 0 bridgehead atoms. The van der Waals surface area contributed by atoms with Gasteiger partial charge in [0.15, 0.2) is 0 Å². The molecule has 0 fully saturated rings. The lowest BCUT2D eigenvalue weighted by Gasteiger charge is -2.26. The Hall–Kier alpha value is -0.0400. The van der Waals surface area contributed by atoms with Gasteiger partial charge in [-0.3, -0.25) is 0 Å². The van der Waals surface area contributed by atoms with Gasteiger partial charge in [0.1, 0.15) is 0 Å². The van der Waals surface area contributed by atoms with E-state index in [1.165, 1.54) is 38.5 Å². The molecule has 0 heterocycles. The quantitative estimate of drug-likeness (QED) is 0.604. The molecule has 0 aliphatic rings. The SMILES string of the molecule is CCCCC(CC)CC(C)C(CC)NC. The maximum Gasteiger partial charge on any atom is 0.00871 e. The van der Waals surface area contributed by atoms with Crippen LogP contribution in [-0.2, 0) is 0 Å². The van der Waals surface area contributed by atoms with Crippen LogP contribution in [0.5, 0.6) is 0 Å². The standard InChI is InChI=1S/C14H31N/c1-6-9-10-13(7-2)11-12(4)14(8-3)15-5/h12-15H,6-11H2,1-5H3. The molecule has 15 heavy (non-hydrogen) atoms. The number of hydrogen-bond acceptors (Lipinski definition) is 1. The first-order valence-electron chi connectivity index (χ1n) is 6.86. The molecule has 0 rings (SSSR count). The third-order valence-corrected chi connectivity index (χ3v) is 3.75. The van der Waals surface area contributed by atoms with Crippen molar-refractivity contribution < 1.29 is 0 Å². The number of rotatable bonds is 9. The second-order valence-electron chi connectivity index (χ2n) is 4.93. The summed E-state index contributed by atoms with van der Waals surface area (Å²) in [6.07, 6.45) is 8.18. The molecule has 0 saturated heterocycles. The van der Waals surface area contributed by atoms with Crippen molar-refractivity contribution in [3.63, 3.8) is 0 Å². The Morgan fingerprint density at radius 3 is 2.13 bits per heavy atom. The molecule has 0 aromatic carbocycles. The van der Waals surface area contributed by atoms with Crippen LogP contribution in [0.1, 0.15) is 66.2 Å². The van der Waals surface area contributed by atoms with E-state index in [0.29, 0.717) is 6.04 Å². The van der Waals surface area contributed by atoms with E-state index in [4.69, 9.17) is 0 Å². The predicted octanol–water partition coefficient (Wildman–Crippen LogP) is 4.23. The Bertz CT molecular complexity index is 129. The van der Waals surface area contributed by atoms with Crippen molar-refractivity contribution in [2.45, 2.75) is 72.3 Å². The van der Waals surface area contributed by atoms with Gasteiger partial charge in [0, 0.05) is 6.04 Å². The summed E-state index contributed by atoms with van der Waals surface area (Å²) in [5, 5.41) is 3.44. The maximum atomic E-state index is 3.44. The molecule has 0 aromatic rings. The maximum absolute atomic E-state index is 3.44. The van der Waals surface area contributed by atoms with Gasteiger partial charge in [-0.2, -0.15) is 0 Å². The molecule has 1 N–H and O–H groups in total. The van der Waals surface area contributed by atoms with E-state index in [0.717, 1.165) is 11.8 Å². The predicted molar refractivity (Wildman–Crippen MR) is 70.2 cm³/mol. The van der Waals surface area contributed by atoms with Crippen molar-refractivity contribution in [3.05, 3.63) is 0 Å². The summed E-state index contributed by atoms with van der Waals surface area (Å²) in [5.41, 5.74) is 0. The number of hydrogen-bond donors (Lipinski definition) is 1. The molecule has 92 valence electrons. The topological polar surface area (TPSA) is 12.0 Å². The monoisotopic (exact) mass is 213 g/mol. The molecule has 1 heteroatoms. The van der Waals surface area contributed by atoms with Crippen LogP contribution in [-0.4, -0.2) is 13.1 Å². The average Bonchev–Trinajstić information content (AvgIpc) is 2.25. The van der Waals surface area contributed by atoms with Gasteiger partial charge in [-0.25, -0.2) is 0 Å². The highest BCUT2D eigenvalue weighted by Crippen LogP contribution is 2.24. The largest absolute Gasteiger partial charge is 0.317 e.